The van der Waals surface area contributed by atoms with E-state index in [1.165, 1.54) is 6.42 Å². The minimum absolute atomic E-state index is 0.285. The van der Waals surface area contributed by atoms with E-state index in [2.05, 4.69) is 13.8 Å². The number of methoxy groups -OCH3 is 1. The van der Waals surface area contributed by atoms with Crippen molar-refractivity contribution in [2.75, 3.05) is 20.3 Å². The monoisotopic (exact) mass is 394 g/mol. The normalized spacial score (nSPS) is 34.4. The van der Waals surface area contributed by atoms with Gasteiger partial charge in [0.05, 0.1) is 12.0 Å². The van der Waals surface area contributed by atoms with Crippen molar-refractivity contribution in [2.24, 2.45) is 34.5 Å². The molecule has 0 aromatic rings. The predicted molar refractivity (Wildman–Crippen MR) is 107 cm³/mol. The molecule has 0 heterocycles. The molecule has 0 saturated heterocycles. The van der Waals surface area contributed by atoms with Crippen molar-refractivity contribution in [1.29, 1.82) is 0 Å². The summed E-state index contributed by atoms with van der Waals surface area (Å²) in [5.74, 6) is 1.53. The fraction of sp³-hybridized carbons (Fsp3) is 0.913. The minimum Gasteiger partial charge on any atom is -0.455 e. The molecule has 4 saturated carbocycles. The Morgan fingerprint density at radius 3 is 1.96 bits per heavy atom. The standard InChI is InChI=1S/C23H38O5/c1-7-21(2,3)20(25)27-13-19(24)28-23(22(4,5)14-26-6)17-9-15-8-16(11-17)12-18(23)10-15/h15-18H,7-14H2,1-6H3. The Balaban J connectivity index is 1.78. The molecule has 4 aliphatic carbocycles. The van der Waals surface area contributed by atoms with Crippen molar-refractivity contribution in [3.8, 4) is 0 Å². The van der Waals surface area contributed by atoms with Crippen LogP contribution in [0.1, 0.15) is 73.1 Å². The molecule has 28 heavy (non-hydrogen) atoms. The Bertz CT molecular complexity index is 578. The first-order valence-corrected chi connectivity index (χ1v) is 10.9. The molecule has 0 spiro atoms. The number of ether oxygens (including phenoxy) is 3. The highest BCUT2D eigenvalue weighted by molar-refractivity contribution is 5.80. The van der Waals surface area contributed by atoms with Crippen molar-refractivity contribution in [3.05, 3.63) is 0 Å². The van der Waals surface area contributed by atoms with Crippen LogP contribution in [0.3, 0.4) is 0 Å². The third-order valence-electron chi connectivity index (χ3n) is 7.95. The van der Waals surface area contributed by atoms with Crippen LogP contribution in [-0.2, 0) is 23.8 Å². The molecular formula is C23H38O5. The Morgan fingerprint density at radius 2 is 1.50 bits per heavy atom. The average molecular weight is 395 g/mol. The van der Waals surface area contributed by atoms with E-state index >= 15 is 0 Å². The molecule has 0 aliphatic heterocycles. The lowest BCUT2D eigenvalue weighted by molar-refractivity contribution is -0.256. The molecule has 160 valence electrons. The maximum absolute atomic E-state index is 12.9. The molecule has 4 aliphatic rings. The Morgan fingerprint density at radius 1 is 0.964 bits per heavy atom. The van der Waals surface area contributed by atoms with Gasteiger partial charge in [-0.05, 0) is 64.2 Å². The maximum atomic E-state index is 12.9. The van der Waals surface area contributed by atoms with Gasteiger partial charge in [-0.3, -0.25) is 4.79 Å². The van der Waals surface area contributed by atoms with Crippen LogP contribution in [0, 0.1) is 34.5 Å². The summed E-state index contributed by atoms with van der Waals surface area (Å²) in [7, 11) is 1.71. The van der Waals surface area contributed by atoms with E-state index in [1.54, 1.807) is 7.11 Å². The first kappa shape index (κ1) is 21.6. The summed E-state index contributed by atoms with van der Waals surface area (Å²) in [6.07, 6.45) is 6.54. The lowest BCUT2D eigenvalue weighted by Gasteiger charge is -2.64. The third kappa shape index (κ3) is 3.59. The zero-order valence-corrected chi connectivity index (χ0v) is 18.5. The number of carbonyl (C=O) groups is 2. The van der Waals surface area contributed by atoms with Crippen LogP contribution in [0.4, 0.5) is 0 Å². The van der Waals surface area contributed by atoms with Crippen LogP contribution < -0.4 is 0 Å². The van der Waals surface area contributed by atoms with Crippen molar-refractivity contribution in [2.45, 2.75) is 78.7 Å². The summed E-state index contributed by atoms with van der Waals surface area (Å²) in [5, 5.41) is 0. The molecule has 4 fully saturated rings. The van der Waals surface area contributed by atoms with Gasteiger partial charge in [0.25, 0.3) is 0 Å². The summed E-state index contributed by atoms with van der Waals surface area (Å²) >= 11 is 0. The van der Waals surface area contributed by atoms with Gasteiger partial charge in [0.15, 0.2) is 6.61 Å². The molecule has 0 radical (unpaired) electrons. The highest BCUT2D eigenvalue weighted by Gasteiger charge is 2.65. The van der Waals surface area contributed by atoms with Gasteiger partial charge in [0, 0.05) is 24.4 Å². The zero-order chi connectivity index (χ0) is 20.7. The Labute approximate surface area is 169 Å². The smallest absolute Gasteiger partial charge is 0.344 e. The topological polar surface area (TPSA) is 61.8 Å². The first-order chi connectivity index (χ1) is 13.1. The van der Waals surface area contributed by atoms with Crippen LogP contribution in [0.25, 0.3) is 0 Å². The number of esters is 2. The molecule has 0 aromatic heterocycles. The number of hydrogen-bond donors (Lipinski definition) is 0. The Kier molecular flexibility index (Phi) is 5.88. The zero-order valence-electron chi connectivity index (χ0n) is 18.5. The SMILES string of the molecule is CCC(C)(C)C(=O)OCC(=O)OC1(C(C)(C)COC)C2CC3CC(C2)CC1C3. The second-order valence-electron chi connectivity index (χ2n) is 10.7. The second-order valence-corrected chi connectivity index (χ2v) is 10.7. The van der Waals surface area contributed by atoms with Gasteiger partial charge in [-0.15, -0.1) is 0 Å². The second kappa shape index (κ2) is 7.62. The number of carbonyl (C=O) groups excluding carboxylic acids is 2. The van der Waals surface area contributed by atoms with Gasteiger partial charge in [0.2, 0.25) is 0 Å². The lowest BCUT2D eigenvalue weighted by atomic mass is 9.44. The minimum atomic E-state index is -0.587. The number of hydrogen-bond acceptors (Lipinski definition) is 5. The molecular weight excluding hydrogens is 356 g/mol. The van der Waals surface area contributed by atoms with Gasteiger partial charge in [0.1, 0.15) is 5.60 Å². The van der Waals surface area contributed by atoms with Crippen molar-refractivity contribution >= 4 is 11.9 Å². The highest BCUT2D eigenvalue weighted by Crippen LogP contribution is 2.64. The van der Waals surface area contributed by atoms with Crippen LogP contribution in [0.15, 0.2) is 0 Å². The summed E-state index contributed by atoms with van der Waals surface area (Å²) < 4.78 is 17.2. The molecule has 5 heteroatoms. The van der Waals surface area contributed by atoms with Gasteiger partial charge in [-0.25, -0.2) is 4.79 Å². The lowest BCUT2D eigenvalue weighted by Crippen LogP contribution is -2.67. The van der Waals surface area contributed by atoms with Crippen molar-refractivity contribution < 1.29 is 23.8 Å². The van der Waals surface area contributed by atoms with E-state index in [0.29, 0.717) is 24.9 Å². The summed E-state index contributed by atoms with van der Waals surface area (Å²) in [5.41, 5.74) is -1.40. The van der Waals surface area contributed by atoms with E-state index in [0.717, 1.165) is 37.5 Å². The van der Waals surface area contributed by atoms with E-state index in [4.69, 9.17) is 14.2 Å². The Hall–Kier alpha value is -1.10. The van der Waals surface area contributed by atoms with E-state index in [-0.39, 0.29) is 18.0 Å². The van der Waals surface area contributed by atoms with E-state index in [9.17, 15) is 9.59 Å². The van der Waals surface area contributed by atoms with Crippen LogP contribution >= 0.6 is 0 Å². The van der Waals surface area contributed by atoms with Gasteiger partial charge < -0.3 is 14.2 Å². The summed E-state index contributed by atoms with van der Waals surface area (Å²) in [4.78, 5) is 25.1. The summed E-state index contributed by atoms with van der Waals surface area (Å²) in [6, 6.07) is 0. The van der Waals surface area contributed by atoms with E-state index < -0.39 is 17.0 Å². The molecule has 0 unspecified atom stereocenters. The van der Waals surface area contributed by atoms with Crippen LogP contribution in [0.5, 0.6) is 0 Å². The fourth-order valence-corrected chi connectivity index (χ4v) is 6.45. The molecule has 4 bridgehead atoms. The van der Waals surface area contributed by atoms with Gasteiger partial charge >= 0.3 is 11.9 Å². The fourth-order valence-electron chi connectivity index (χ4n) is 6.45. The molecule has 0 N–H and O–H groups in total. The van der Waals surface area contributed by atoms with Gasteiger partial charge in [-0.2, -0.15) is 0 Å². The van der Waals surface area contributed by atoms with Crippen molar-refractivity contribution in [1.82, 2.24) is 0 Å². The molecule has 4 rings (SSSR count). The average Bonchev–Trinajstić information content (AvgIpc) is 2.61. The first-order valence-electron chi connectivity index (χ1n) is 10.9. The summed E-state index contributed by atoms with van der Waals surface area (Å²) in [6.45, 7) is 10.2. The molecule has 5 nitrogen and oxygen atoms in total. The maximum Gasteiger partial charge on any atom is 0.344 e. The molecule has 0 amide bonds. The quantitative estimate of drug-likeness (QED) is 0.572. The molecule has 0 aromatic carbocycles. The highest BCUT2D eigenvalue weighted by atomic mass is 16.6. The van der Waals surface area contributed by atoms with E-state index in [1.807, 2.05) is 20.8 Å². The third-order valence-corrected chi connectivity index (χ3v) is 7.95. The van der Waals surface area contributed by atoms with Crippen LogP contribution in [-0.4, -0.2) is 37.9 Å². The largest absolute Gasteiger partial charge is 0.455 e. The number of rotatable bonds is 8. The predicted octanol–water partition coefficient (Wildman–Crippen LogP) is 4.38. The van der Waals surface area contributed by atoms with Crippen molar-refractivity contribution in [3.63, 3.8) is 0 Å². The van der Waals surface area contributed by atoms with Crippen LogP contribution in [0.2, 0.25) is 0 Å². The molecule has 0 atom stereocenters. The van der Waals surface area contributed by atoms with Gasteiger partial charge in [-0.1, -0.05) is 20.8 Å².